The van der Waals surface area contributed by atoms with Crippen LogP contribution in [0.3, 0.4) is 0 Å². The van der Waals surface area contributed by atoms with Crippen molar-refractivity contribution in [2.75, 3.05) is 13.7 Å². The Morgan fingerprint density at radius 2 is 2.38 bits per heavy atom. The molecular weight excluding hydrogens is 162 g/mol. The number of nitrogens with one attached hydrogen (secondary N) is 1. The van der Waals surface area contributed by atoms with Crippen molar-refractivity contribution in [1.29, 1.82) is 0 Å². The minimum Gasteiger partial charge on any atom is -0.381 e. The molecule has 0 spiro atoms. The van der Waals surface area contributed by atoms with Gasteiger partial charge in [-0.15, -0.1) is 6.58 Å². The molecule has 1 N–H and O–H groups in total. The second kappa shape index (κ2) is 6.17. The Labute approximate surface area is 81.4 Å². The molecule has 1 saturated carbocycles. The van der Waals surface area contributed by atoms with Crippen molar-refractivity contribution in [3.8, 4) is 0 Å². The van der Waals surface area contributed by atoms with Crippen molar-refractivity contribution in [2.24, 2.45) is 0 Å². The fraction of sp³-hybridized carbons (Fsp3) is 0.818. The van der Waals surface area contributed by atoms with E-state index in [9.17, 15) is 0 Å². The molecule has 0 amide bonds. The van der Waals surface area contributed by atoms with Crippen LogP contribution in [0.5, 0.6) is 0 Å². The largest absolute Gasteiger partial charge is 0.381 e. The highest BCUT2D eigenvalue weighted by Gasteiger charge is 2.23. The predicted octanol–water partition coefficient (Wildman–Crippen LogP) is 2.11. The fourth-order valence-corrected chi connectivity index (χ4v) is 1.89. The summed E-state index contributed by atoms with van der Waals surface area (Å²) in [5.41, 5.74) is 0. The topological polar surface area (TPSA) is 21.3 Å². The van der Waals surface area contributed by atoms with Crippen molar-refractivity contribution in [2.45, 2.75) is 44.2 Å². The van der Waals surface area contributed by atoms with E-state index in [1.807, 2.05) is 13.2 Å². The highest BCUT2D eigenvalue weighted by atomic mass is 16.5. The number of hydrogen-bond donors (Lipinski definition) is 1. The highest BCUT2D eigenvalue weighted by Crippen LogP contribution is 2.21. The molecule has 1 aliphatic rings. The van der Waals surface area contributed by atoms with E-state index in [1.165, 1.54) is 25.7 Å². The van der Waals surface area contributed by atoms with E-state index in [0.717, 1.165) is 13.0 Å². The van der Waals surface area contributed by atoms with Gasteiger partial charge in [-0.1, -0.05) is 6.08 Å². The van der Waals surface area contributed by atoms with Crippen LogP contribution in [0.25, 0.3) is 0 Å². The lowest BCUT2D eigenvalue weighted by molar-refractivity contribution is 0.107. The average Bonchev–Trinajstić information content (AvgIpc) is 2.60. The van der Waals surface area contributed by atoms with Gasteiger partial charge in [0.2, 0.25) is 0 Å². The van der Waals surface area contributed by atoms with Gasteiger partial charge >= 0.3 is 0 Å². The third-order valence-electron chi connectivity index (χ3n) is 2.74. The Kier molecular flexibility index (Phi) is 5.09. The maximum absolute atomic E-state index is 5.31. The molecule has 76 valence electrons. The molecule has 1 aliphatic carbocycles. The van der Waals surface area contributed by atoms with Gasteiger partial charge in [-0.25, -0.2) is 0 Å². The van der Waals surface area contributed by atoms with Gasteiger partial charge in [0.1, 0.15) is 0 Å². The van der Waals surface area contributed by atoms with Gasteiger partial charge in [-0.05, 0) is 38.6 Å². The van der Waals surface area contributed by atoms with Crippen LogP contribution in [0.15, 0.2) is 12.7 Å². The lowest BCUT2D eigenvalue weighted by Crippen LogP contribution is -2.28. The van der Waals surface area contributed by atoms with E-state index in [1.54, 1.807) is 0 Å². The highest BCUT2D eigenvalue weighted by molar-refractivity contribution is 4.81. The first-order valence-corrected chi connectivity index (χ1v) is 5.24. The van der Waals surface area contributed by atoms with Crippen molar-refractivity contribution in [1.82, 2.24) is 5.32 Å². The molecule has 2 atom stereocenters. The zero-order valence-electron chi connectivity index (χ0n) is 8.59. The van der Waals surface area contributed by atoms with Crippen LogP contribution >= 0.6 is 0 Å². The summed E-state index contributed by atoms with van der Waals surface area (Å²) in [6.45, 7) is 4.83. The minimum atomic E-state index is 0.497. The quantitative estimate of drug-likeness (QED) is 0.503. The first-order chi connectivity index (χ1) is 6.36. The minimum absolute atomic E-state index is 0.497. The number of ether oxygens (including phenoxy) is 1. The Morgan fingerprint density at radius 1 is 1.54 bits per heavy atom. The van der Waals surface area contributed by atoms with Crippen molar-refractivity contribution < 1.29 is 4.74 Å². The molecule has 13 heavy (non-hydrogen) atoms. The molecule has 1 rings (SSSR count). The zero-order valence-corrected chi connectivity index (χ0v) is 8.59. The molecule has 2 nitrogen and oxygen atoms in total. The van der Waals surface area contributed by atoms with Crippen LogP contribution in [0, 0.1) is 0 Å². The van der Waals surface area contributed by atoms with Crippen LogP contribution in [0.1, 0.15) is 32.1 Å². The molecule has 0 saturated heterocycles. The average molecular weight is 183 g/mol. The summed E-state index contributed by atoms with van der Waals surface area (Å²) < 4.78 is 5.31. The molecule has 0 bridgehead atoms. The normalized spacial score (nSPS) is 27.8. The van der Waals surface area contributed by atoms with E-state index >= 15 is 0 Å². The molecule has 0 aromatic heterocycles. The molecule has 0 aliphatic heterocycles. The molecule has 0 aromatic carbocycles. The standard InChI is InChI=1S/C11H21NO/c1-3-4-5-8-12-10-6-7-11(9-10)13-2/h3,10-12H,1,4-9H2,2H3. The summed E-state index contributed by atoms with van der Waals surface area (Å²) in [4.78, 5) is 0. The van der Waals surface area contributed by atoms with Crippen LogP contribution < -0.4 is 5.32 Å². The lowest BCUT2D eigenvalue weighted by atomic mass is 10.2. The van der Waals surface area contributed by atoms with Crippen molar-refractivity contribution >= 4 is 0 Å². The Morgan fingerprint density at radius 3 is 3.00 bits per heavy atom. The Bertz CT molecular complexity index is 147. The predicted molar refractivity (Wildman–Crippen MR) is 55.9 cm³/mol. The second-order valence-electron chi connectivity index (χ2n) is 3.75. The SMILES string of the molecule is C=CCCCNC1CCC(OC)C1. The molecule has 2 heteroatoms. The van der Waals surface area contributed by atoms with E-state index in [2.05, 4.69) is 11.9 Å². The molecule has 0 aromatic rings. The van der Waals surface area contributed by atoms with Crippen LogP contribution in [0.2, 0.25) is 0 Å². The molecule has 1 fully saturated rings. The number of hydrogen-bond acceptors (Lipinski definition) is 2. The van der Waals surface area contributed by atoms with Gasteiger partial charge in [-0.3, -0.25) is 0 Å². The van der Waals surface area contributed by atoms with Crippen LogP contribution in [0.4, 0.5) is 0 Å². The molecule has 0 radical (unpaired) electrons. The van der Waals surface area contributed by atoms with Gasteiger partial charge in [0.15, 0.2) is 0 Å². The van der Waals surface area contributed by atoms with Gasteiger partial charge in [0, 0.05) is 13.2 Å². The Hall–Kier alpha value is -0.340. The summed E-state index contributed by atoms with van der Waals surface area (Å²) in [5.74, 6) is 0. The summed E-state index contributed by atoms with van der Waals surface area (Å²) in [6.07, 6.45) is 8.48. The first kappa shape index (κ1) is 10.7. The van der Waals surface area contributed by atoms with E-state index in [-0.39, 0.29) is 0 Å². The summed E-state index contributed by atoms with van der Waals surface area (Å²) in [6, 6.07) is 0.690. The van der Waals surface area contributed by atoms with E-state index in [0.29, 0.717) is 12.1 Å². The first-order valence-electron chi connectivity index (χ1n) is 5.24. The van der Waals surface area contributed by atoms with E-state index in [4.69, 9.17) is 4.74 Å². The van der Waals surface area contributed by atoms with Gasteiger partial charge in [0.05, 0.1) is 6.10 Å². The van der Waals surface area contributed by atoms with Crippen molar-refractivity contribution in [3.05, 3.63) is 12.7 Å². The third-order valence-corrected chi connectivity index (χ3v) is 2.74. The second-order valence-corrected chi connectivity index (χ2v) is 3.75. The van der Waals surface area contributed by atoms with E-state index < -0.39 is 0 Å². The number of methoxy groups -OCH3 is 1. The lowest BCUT2D eigenvalue weighted by Gasteiger charge is -2.11. The van der Waals surface area contributed by atoms with Gasteiger partial charge in [0.25, 0.3) is 0 Å². The number of allylic oxidation sites excluding steroid dienone is 1. The fourth-order valence-electron chi connectivity index (χ4n) is 1.89. The Balaban J connectivity index is 2.00. The monoisotopic (exact) mass is 183 g/mol. The number of unbranched alkanes of at least 4 members (excludes halogenated alkanes) is 1. The number of rotatable bonds is 6. The smallest absolute Gasteiger partial charge is 0.0586 e. The van der Waals surface area contributed by atoms with Crippen molar-refractivity contribution in [3.63, 3.8) is 0 Å². The van der Waals surface area contributed by atoms with Gasteiger partial charge < -0.3 is 10.1 Å². The molecule has 2 unspecified atom stereocenters. The van der Waals surface area contributed by atoms with Crippen LogP contribution in [-0.2, 0) is 4.74 Å². The van der Waals surface area contributed by atoms with Gasteiger partial charge in [-0.2, -0.15) is 0 Å². The molecule has 0 heterocycles. The summed E-state index contributed by atoms with van der Waals surface area (Å²) in [7, 11) is 1.81. The van der Waals surface area contributed by atoms with Crippen LogP contribution in [-0.4, -0.2) is 25.8 Å². The molecular formula is C11H21NO. The summed E-state index contributed by atoms with van der Waals surface area (Å²) in [5, 5.41) is 3.55. The zero-order chi connectivity index (χ0) is 9.52. The maximum Gasteiger partial charge on any atom is 0.0586 e. The maximum atomic E-state index is 5.31. The third kappa shape index (κ3) is 3.92. The summed E-state index contributed by atoms with van der Waals surface area (Å²) >= 11 is 0.